The third kappa shape index (κ3) is 2.65. The maximum Gasteiger partial charge on any atom is 0.262 e. The third-order valence-corrected chi connectivity index (χ3v) is 5.02. The van der Waals surface area contributed by atoms with E-state index >= 15 is 0 Å². The van der Waals surface area contributed by atoms with Crippen LogP contribution in [0.3, 0.4) is 0 Å². The van der Waals surface area contributed by atoms with Crippen LogP contribution in [0, 0.1) is 0 Å². The summed E-state index contributed by atoms with van der Waals surface area (Å²) in [4.78, 5) is 23.2. The molecule has 1 aromatic carbocycles. The van der Waals surface area contributed by atoms with E-state index in [9.17, 15) is 4.79 Å². The van der Waals surface area contributed by atoms with Crippen molar-refractivity contribution in [2.24, 2.45) is 0 Å². The Hall–Kier alpha value is -2.73. The lowest BCUT2D eigenvalue weighted by Gasteiger charge is -2.01. The zero-order valence-electron chi connectivity index (χ0n) is 13.1. The highest BCUT2D eigenvalue weighted by Gasteiger charge is 2.11. The second kappa shape index (κ2) is 6.05. The minimum Gasteiger partial charge on any atom is -0.439 e. The van der Waals surface area contributed by atoms with Crippen molar-refractivity contribution in [3.05, 3.63) is 70.0 Å². The second-order valence-electron chi connectivity index (χ2n) is 5.45. The number of benzene rings is 1. The highest BCUT2D eigenvalue weighted by molar-refractivity contribution is 7.18. The Balaban J connectivity index is 1.66. The van der Waals surface area contributed by atoms with Gasteiger partial charge in [0.25, 0.3) is 5.56 Å². The van der Waals surface area contributed by atoms with Gasteiger partial charge in [-0.15, -0.1) is 11.3 Å². The molecular weight excluding hydrogens is 322 g/mol. The Bertz CT molecular complexity index is 1050. The minimum absolute atomic E-state index is 0.0598. The number of hydrogen-bond donors (Lipinski definition) is 0. The fraction of sp³-hybridized carbons (Fsp3) is 0.167. The molecule has 0 aliphatic carbocycles. The fourth-order valence-corrected chi connectivity index (χ4v) is 3.49. The van der Waals surface area contributed by atoms with Gasteiger partial charge in [-0.05, 0) is 12.5 Å². The molecule has 0 bridgehead atoms. The van der Waals surface area contributed by atoms with E-state index in [2.05, 4.69) is 16.9 Å². The first-order valence-corrected chi connectivity index (χ1v) is 8.54. The van der Waals surface area contributed by atoms with Crippen molar-refractivity contribution in [2.75, 3.05) is 0 Å². The zero-order valence-corrected chi connectivity index (χ0v) is 13.9. The molecule has 0 fully saturated rings. The summed E-state index contributed by atoms with van der Waals surface area (Å²) in [7, 11) is 0. The van der Waals surface area contributed by atoms with Crippen LogP contribution in [0.2, 0.25) is 0 Å². The summed E-state index contributed by atoms with van der Waals surface area (Å²) in [5.41, 5.74) is 0.901. The minimum atomic E-state index is -0.0598. The van der Waals surface area contributed by atoms with E-state index in [-0.39, 0.29) is 12.1 Å². The van der Waals surface area contributed by atoms with Crippen molar-refractivity contribution in [3.8, 4) is 11.3 Å². The topological polar surface area (TPSA) is 60.9 Å². The zero-order chi connectivity index (χ0) is 16.5. The average molecular weight is 337 g/mol. The van der Waals surface area contributed by atoms with Gasteiger partial charge in [-0.1, -0.05) is 37.3 Å². The summed E-state index contributed by atoms with van der Waals surface area (Å²) in [5, 5.41) is 0.661. The lowest BCUT2D eigenvalue weighted by Crippen LogP contribution is -2.20. The van der Waals surface area contributed by atoms with Gasteiger partial charge in [0.15, 0.2) is 5.76 Å². The van der Waals surface area contributed by atoms with Crippen LogP contribution < -0.4 is 5.56 Å². The molecule has 6 heteroatoms. The molecule has 0 aliphatic rings. The summed E-state index contributed by atoms with van der Waals surface area (Å²) in [6.45, 7) is 2.34. The summed E-state index contributed by atoms with van der Waals surface area (Å²) in [5.74, 6) is 1.18. The van der Waals surface area contributed by atoms with Gasteiger partial charge in [-0.25, -0.2) is 9.97 Å². The number of hydrogen-bond acceptors (Lipinski definition) is 5. The standard InChI is InChI=1S/C18H15N3O2S/c1-2-13-8-14-17(24-13)20-11-21(18(14)22)10-16-19-9-15(23-16)12-6-4-3-5-7-12/h3-9,11H,2,10H2,1H3. The Morgan fingerprint density at radius 2 is 2.04 bits per heavy atom. The van der Waals surface area contributed by atoms with Crippen molar-refractivity contribution in [2.45, 2.75) is 19.9 Å². The summed E-state index contributed by atoms with van der Waals surface area (Å²) < 4.78 is 7.31. The average Bonchev–Trinajstić information content (AvgIpc) is 3.25. The fourth-order valence-electron chi connectivity index (χ4n) is 2.56. The second-order valence-corrected chi connectivity index (χ2v) is 6.56. The van der Waals surface area contributed by atoms with E-state index in [1.807, 2.05) is 36.4 Å². The lowest BCUT2D eigenvalue weighted by molar-refractivity contribution is 0.484. The summed E-state index contributed by atoms with van der Waals surface area (Å²) in [6.07, 6.45) is 4.15. The molecule has 0 saturated heterocycles. The normalized spacial score (nSPS) is 11.2. The Kier molecular flexibility index (Phi) is 3.74. The first kappa shape index (κ1) is 14.8. The van der Waals surface area contributed by atoms with Crippen molar-refractivity contribution in [1.82, 2.24) is 14.5 Å². The van der Waals surface area contributed by atoms with Crippen molar-refractivity contribution in [1.29, 1.82) is 0 Å². The van der Waals surface area contributed by atoms with Crippen LogP contribution in [-0.4, -0.2) is 14.5 Å². The van der Waals surface area contributed by atoms with Gasteiger partial charge in [0.1, 0.15) is 11.4 Å². The number of aryl methyl sites for hydroxylation is 1. The largest absolute Gasteiger partial charge is 0.439 e. The molecule has 0 saturated carbocycles. The van der Waals surface area contributed by atoms with E-state index in [1.54, 1.807) is 23.9 Å². The summed E-state index contributed by atoms with van der Waals surface area (Å²) >= 11 is 1.56. The summed E-state index contributed by atoms with van der Waals surface area (Å²) in [6, 6.07) is 11.7. The van der Waals surface area contributed by atoms with Gasteiger partial charge in [-0.2, -0.15) is 0 Å². The predicted molar refractivity (Wildman–Crippen MR) is 94.3 cm³/mol. The van der Waals surface area contributed by atoms with E-state index < -0.39 is 0 Å². The van der Waals surface area contributed by atoms with E-state index in [0.717, 1.165) is 21.7 Å². The van der Waals surface area contributed by atoms with Crippen LogP contribution in [0.5, 0.6) is 0 Å². The Labute approximate surface area is 142 Å². The number of rotatable bonds is 4. The van der Waals surface area contributed by atoms with Gasteiger partial charge in [0.2, 0.25) is 5.89 Å². The van der Waals surface area contributed by atoms with Crippen LogP contribution >= 0.6 is 11.3 Å². The van der Waals surface area contributed by atoms with Crippen molar-refractivity contribution < 1.29 is 4.42 Å². The Morgan fingerprint density at radius 3 is 2.83 bits per heavy atom. The SMILES string of the molecule is CCc1cc2c(=O)n(Cc3ncc(-c4ccccc4)o3)cnc2s1. The molecule has 3 aromatic heterocycles. The molecule has 3 heterocycles. The molecule has 24 heavy (non-hydrogen) atoms. The van der Waals surface area contributed by atoms with E-state index in [1.165, 1.54) is 4.57 Å². The first-order chi connectivity index (χ1) is 11.7. The third-order valence-electron chi connectivity index (χ3n) is 3.84. The molecule has 0 spiro atoms. The molecule has 120 valence electrons. The molecular formula is C18H15N3O2S. The molecule has 0 atom stereocenters. The smallest absolute Gasteiger partial charge is 0.262 e. The van der Waals surface area contributed by atoms with Gasteiger partial charge < -0.3 is 4.42 Å². The molecule has 4 aromatic rings. The van der Waals surface area contributed by atoms with Gasteiger partial charge in [0.05, 0.1) is 17.9 Å². The lowest BCUT2D eigenvalue weighted by atomic mass is 10.2. The Morgan fingerprint density at radius 1 is 1.21 bits per heavy atom. The van der Waals surface area contributed by atoms with Crippen LogP contribution in [0.1, 0.15) is 17.7 Å². The molecule has 0 N–H and O–H groups in total. The molecule has 5 nitrogen and oxygen atoms in total. The van der Waals surface area contributed by atoms with Crippen LogP contribution in [-0.2, 0) is 13.0 Å². The molecule has 0 unspecified atom stereocenters. The maximum atomic E-state index is 12.6. The van der Waals surface area contributed by atoms with Gasteiger partial charge in [-0.3, -0.25) is 9.36 Å². The number of aromatic nitrogens is 3. The number of nitrogens with zero attached hydrogens (tertiary/aromatic N) is 3. The van der Waals surface area contributed by atoms with E-state index in [0.29, 0.717) is 17.0 Å². The highest BCUT2D eigenvalue weighted by Crippen LogP contribution is 2.22. The van der Waals surface area contributed by atoms with Crippen molar-refractivity contribution >= 4 is 21.6 Å². The molecule has 0 radical (unpaired) electrons. The quantitative estimate of drug-likeness (QED) is 0.569. The van der Waals surface area contributed by atoms with Gasteiger partial charge in [0, 0.05) is 10.4 Å². The highest BCUT2D eigenvalue weighted by atomic mass is 32.1. The molecule has 0 aliphatic heterocycles. The number of thiophene rings is 1. The van der Waals surface area contributed by atoms with Crippen LogP contribution in [0.25, 0.3) is 21.5 Å². The monoisotopic (exact) mass is 337 g/mol. The maximum absolute atomic E-state index is 12.6. The molecule has 4 rings (SSSR count). The number of fused-ring (bicyclic) bond motifs is 1. The van der Waals surface area contributed by atoms with E-state index in [4.69, 9.17) is 4.42 Å². The number of oxazole rings is 1. The van der Waals surface area contributed by atoms with Crippen LogP contribution in [0.15, 0.2) is 58.1 Å². The van der Waals surface area contributed by atoms with Gasteiger partial charge >= 0.3 is 0 Å². The molecule has 0 amide bonds. The first-order valence-electron chi connectivity index (χ1n) is 7.72. The van der Waals surface area contributed by atoms with Crippen LogP contribution in [0.4, 0.5) is 0 Å². The van der Waals surface area contributed by atoms with Crippen molar-refractivity contribution in [3.63, 3.8) is 0 Å². The predicted octanol–water partition coefficient (Wildman–Crippen LogP) is 3.72.